The number of hydrazone groups is 1. The number of benzene rings is 2. The Hall–Kier alpha value is -3.81. The largest absolute Gasteiger partial charge is 0.465 e. The quantitative estimate of drug-likeness (QED) is 0.420. The van der Waals surface area contributed by atoms with Crippen molar-refractivity contribution in [1.29, 1.82) is 0 Å². The van der Waals surface area contributed by atoms with Gasteiger partial charge in [-0.1, -0.05) is 36.4 Å². The molecule has 1 aromatic heterocycles. The van der Waals surface area contributed by atoms with Crippen LogP contribution in [0.5, 0.6) is 0 Å². The van der Waals surface area contributed by atoms with Gasteiger partial charge in [-0.05, 0) is 12.1 Å². The minimum atomic E-state index is -0.593. The van der Waals surface area contributed by atoms with Gasteiger partial charge in [-0.15, -0.1) is 0 Å². The highest BCUT2D eigenvalue weighted by atomic mass is 16.5. The van der Waals surface area contributed by atoms with E-state index in [9.17, 15) is 14.4 Å². The molecule has 0 aliphatic rings. The zero-order valence-corrected chi connectivity index (χ0v) is 13.7. The lowest BCUT2D eigenvalue weighted by Gasteiger charge is -2.04. The Morgan fingerprint density at radius 2 is 1.81 bits per heavy atom. The van der Waals surface area contributed by atoms with Gasteiger partial charge < -0.3 is 4.74 Å². The monoisotopic (exact) mass is 350 g/mol. The van der Waals surface area contributed by atoms with Gasteiger partial charge >= 0.3 is 5.97 Å². The molecule has 0 atom stereocenters. The number of H-pyrrole nitrogens is 1. The van der Waals surface area contributed by atoms with E-state index in [0.717, 1.165) is 0 Å². The Balaban J connectivity index is 1.85. The minimum Gasteiger partial charge on any atom is -0.465 e. The molecule has 0 bridgehead atoms. The van der Waals surface area contributed by atoms with Crippen LogP contribution in [0.15, 0.2) is 58.4 Å². The molecule has 130 valence electrons. The smallest absolute Gasteiger partial charge is 0.338 e. The highest BCUT2D eigenvalue weighted by Gasteiger charge is 2.13. The lowest BCUT2D eigenvalue weighted by molar-refractivity contribution is 0.0600. The molecule has 0 spiro atoms. The number of esters is 1. The summed E-state index contributed by atoms with van der Waals surface area (Å²) >= 11 is 0. The average molecular weight is 350 g/mol. The van der Waals surface area contributed by atoms with Gasteiger partial charge in [-0.2, -0.15) is 10.2 Å². The Bertz CT molecular complexity index is 1070. The van der Waals surface area contributed by atoms with Crippen LogP contribution in [0.1, 0.15) is 26.4 Å². The third-order valence-electron chi connectivity index (χ3n) is 3.65. The van der Waals surface area contributed by atoms with Crippen LogP contribution in [-0.4, -0.2) is 35.4 Å². The maximum Gasteiger partial charge on any atom is 0.338 e. The highest BCUT2D eigenvalue weighted by molar-refractivity contribution is 6.05. The van der Waals surface area contributed by atoms with Gasteiger partial charge in [-0.25, -0.2) is 15.3 Å². The van der Waals surface area contributed by atoms with Crippen LogP contribution >= 0.6 is 0 Å². The molecule has 1 amide bonds. The maximum atomic E-state index is 12.3. The van der Waals surface area contributed by atoms with Crippen LogP contribution in [-0.2, 0) is 4.74 Å². The summed E-state index contributed by atoms with van der Waals surface area (Å²) in [5.74, 6) is -1.10. The van der Waals surface area contributed by atoms with Crippen molar-refractivity contribution < 1.29 is 14.3 Å². The Labute approximate surface area is 147 Å². The second-order valence-corrected chi connectivity index (χ2v) is 5.22. The van der Waals surface area contributed by atoms with Gasteiger partial charge in [0, 0.05) is 10.9 Å². The number of carbonyl (C=O) groups is 2. The molecule has 0 aliphatic carbocycles. The summed E-state index contributed by atoms with van der Waals surface area (Å²) in [6.07, 6.45) is 1.33. The first-order valence-electron chi connectivity index (χ1n) is 7.60. The topological polar surface area (TPSA) is 114 Å². The summed E-state index contributed by atoms with van der Waals surface area (Å²) in [7, 11) is 1.28. The number of amides is 1. The molecule has 0 saturated heterocycles. The zero-order chi connectivity index (χ0) is 18.5. The number of hydrogen-bond acceptors (Lipinski definition) is 6. The third-order valence-corrected chi connectivity index (χ3v) is 3.65. The van der Waals surface area contributed by atoms with Gasteiger partial charge in [0.2, 0.25) is 0 Å². The molecule has 0 unspecified atom stereocenters. The second-order valence-electron chi connectivity index (χ2n) is 5.22. The summed E-state index contributed by atoms with van der Waals surface area (Å²) in [6, 6.07) is 13.3. The fraction of sp³-hybridized carbons (Fsp3) is 0.0556. The van der Waals surface area contributed by atoms with Gasteiger partial charge in [0.15, 0.2) is 5.69 Å². The predicted molar refractivity (Wildman–Crippen MR) is 95.2 cm³/mol. The van der Waals surface area contributed by atoms with Crippen molar-refractivity contribution in [2.45, 2.75) is 0 Å². The summed E-state index contributed by atoms with van der Waals surface area (Å²) in [5.41, 5.74) is 2.80. The van der Waals surface area contributed by atoms with E-state index in [4.69, 9.17) is 4.74 Å². The first kappa shape index (κ1) is 17.0. The summed E-state index contributed by atoms with van der Waals surface area (Å²) in [6.45, 7) is 0. The van der Waals surface area contributed by atoms with Crippen LogP contribution in [0.4, 0.5) is 0 Å². The van der Waals surface area contributed by atoms with Crippen LogP contribution in [0.25, 0.3) is 10.8 Å². The van der Waals surface area contributed by atoms with E-state index in [2.05, 4.69) is 20.7 Å². The summed E-state index contributed by atoms with van der Waals surface area (Å²) in [5, 5.41) is 10.7. The van der Waals surface area contributed by atoms with E-state index in [-0.39, 0.29) is 11.3 Å². The maximum absolute atomic E-state index is 12.3. The SMILES string of the molecule is COC(=O)c1ccccc1/C=N\NC(=O)c1n[nH]c(=O)c2ccccc12. The molecule has 26 heavy (non-hydrogen) atoms. The van der Waals surface area contributed by atoms with E-state index in [0.29, 0.717) is 21.9 Å². The van der Waals surface area contributed by atoms with E-state index in [1.165, 1.54) is 13.3 Å². The molecule has 0 radical (unpaired) electrons. The fourth-order valence-corrected chi connectivity index (χ4v) is 2.41. The van der Waals surface area contributed by atoms with E-state index in [1.807, 2.05) is 0 Å². The predicted octanol–water partition coefficient (Wildman–Crippen LogP) is 1.47. The molecule has 2 aromatic carbocycles. The number of nitrogens with one attached hydrogen (secondary N) is 2. The number of hydrogen-bond donors (Lipinski definition) is 2. The molecular weight excluding hydrogens is 336 g/mol. The standard InChI is InChI=1S/C18H14N4O4/c1-26-18(25)12-7-3-2-6-11(12)10-19-21-17(24)15-13-8-4-5-9-14(13)16(23)22-20-15/h2-10H,1H3,(H,21,24)(H,22,23)/b19-10-. The van der Waals surface area contributed by atoms with E-state index in [1.54, 1.807) is 48.5 Å². The number of fused-ring (bicyclic) bond motifs is 1. The molecule has 8 heteroatoms. The van der Waals surface area contributed by atoms with Crippen molar-refractivity contribution in [3.05, 3.63) is 75.7 Å². The summed E-state index contributed by atoms with van der Waals surface area (Å²) in [4.78, 5) is 35.8. The Kier molecular flexibility index (Phi) is 4.84. The molecular formula is C18H14N4O4. The van der Waals surface area contributed by atoms with Crippen LogP contribution < -0.4 is 11.0 Å². The van der Waals surface area contributed by atoms with Crippen molar-refractivity contribution in [3.8, 4) is 0 Å². The minimum absolute atomic E-state index is 0.0404. The Morgan fingerprint density at radius 3 is 2.58 bits per heavy atom. The molecule has 3 aromatic rings. The lowest BCUT2D eigenvalue weighted by atomic mass is 10.1. The van der Waals surface area contributed by atoms with Crippen molar-refractivity contribution in [2.75, 3.05) is 7.11 Å². The first-order chi connectivity index (χ1) is 12.6. The number of aromatic amines is 1. The van der Waals surface area contributed by atoms with Crippen LogP contribution in [0.2, 0.25) is 0 Å². The Morgan fingerprint density at radius 1 is 1.12 bits per heavy atom. The number of rotatable bonds is 4. The number of ether oxygens (including phenoxy) is 1. The van der Waals surface area contributed by atoms with Crippen molar-refractivity contribution in [3.63, 3.8) is 0 Å². The number of aromatic nitrogens is 2. The molecule has 0 fully saturated rings. The third kappa shape index (κ3) is 3.34. The molecule has 0 saturated carbocycles. The average Bonchev–Trinajstić information content (AvgIpc) is 2.68. The highest BCUT2D eigenvalue weighted by Crippen LogP contribution is 2.12. The molecule has 2 N–H and O–H groups in total. The van der Waals surface area contributed by atoms with Crippen molar-refractivity contribution in [1.82, 2.24) is 15.6 Å². The van der Waals surface area contributed by atoms with Gasteiger partial charge in [0.1, 0.15) is 0 Å². The fourth-order valence-electron chi connectivity index (χ4n) is 2.41. The van der Waals surface area contributed by atoms with Gasteiger partial charge in [0.05, 0.1) is 24.3 Å². The number of methoxy groups -OCH3 is 1. The van der Waals surface area contributed by atoms with E-state index >= 15 is 0 Å². The van der Waals surface area contributed by atoms with Gasteiger partial charge in [-0.3, -0.25) is 9.59 Å². The molecule has 0 aliphatic heterocycles. The molecule has 3 rings (SSSR count). The van der Waals surface area contributed by atoms with E-state index < -0.39 is 11.9 Å². The normalized spacial score (nSPS) is 10.8. The molecule has 8 nitrogen and oxygen atoms in total. The van der Waals surface area contributed by atoms with Crippen molar-refractivity contribution in [2.24, 2.45) is 5.10 Å². The zero-order valence-electron chi connectivity index (χ0n) is 13.7. The van der Waals surface area contributed by atoms with Gasteiger partial charge in [0.25, 0.3) is 11.5 Å². The molecule has 1 heterocycles. The summed E-state index contributed by atoms with van der Waals surface area (Å²) < 4.78 is 4.70. The number of nitrogens with zero attached hydrogens (tertiary/aromatic N) is 2. The van der Waals surface area contributed by atoms with Crippen LogP contribution in [0, 0.1) is 0 Å². The van der Waals surface area contributed by atoms with Crippen molar-refractivity contribution >= 4 is 28.9 Å². The van der Waals surface area contributed by atoms with Crippen LogP contribution in [0.3, 0.4) is 0 Å². The second kappa shape index (κ2) is 7.39. The first-order valence-corrected chi connectivity index (χ1v) is 7.60. The number of carbonyl (C=O) groups excluding carboxylic acids is 2. The lowest BCUT2D eigenvalue weighted by Crippen LogP contribution is -2.22.